The van der Waals surface area contributed by atoms with Gasteiger partial charge in [-0.05, 0) is 70.4 Å². The standard InChI is InChI=1S/C17H32N2/c1-3-10-18-17(9-6-13-4-5-13)14-11-15-7-8-16(12-14)19(15)2/h13-18H,3-12H2,1-2H3. The fourth-order valence-corrected chi connectivity index (χ4v) is 4.44. The van der Waals surface area contributed by atoms with Crippen LogP contribution >= 0.6 is 0 Å². The van der Waals surface area contributed by atoms with Crippen LogP contribution in [0, 0.1) is 11.8 Å². The second-order valence-corrected chi connectivity index (χ2v) is 7.36. The molecule has 2 bridgehead atoms. The summed E-state index contributed by atoms with van der Waals surface area (Å²) in [6, 6.07) is 2.61. The Labute approximate surface area is 119 Å². The maximum Gasteiger partial charge on any atom is 0.00989 e. The molecule has 2 heteroatoms. The van der Waals surface area contributed by atoms with Crippen molar-refractivity contribution in [1.29, 1.82) is 0 Å². The molecule has 2 nitrogen and oxygen atoms in total. The maximum absolute atomic E-state index is 3.89. The smallest absolute Gasteiger partial charge is 0.00989 e. The van der Waals surface area contributed by atoms with Crippen LogP contribution in [0.1, 0.15) is 64.7 Å². The lowest BCUT2D eigenvalue weighted by atomic mass is 9.83. The first-order chi connectivity index (χ1) is 9.28. The number of rotatable bonds is 7. The molecule has 1 saturated carbocycles. The zero-order valence-corrected chi connectivity index (χ0v) is 12.9. The van der Waals surface area contributed by atoms with Crippen molar-refractivity contribution in [3.05, 3.63) is 0 Å². The van der Waals surface area contributed by atoms with E-state index in [4.69, 9.17) is 0 Å². The van der Waals surface area contributed by atoms with Gasteiger partial charge in [-0.25, -0.2) is 0 Å². The Morgan fingerprint density at radius 3 is 2.37 bits per heavy atom. The second-order valence-electron chi connectivity index (χ2n) is 7.36. The molecule has 2 heterocycles. The molecule has 3 atom stereocenters. The Bertz CT molecular complexity index is 273. The average Bonchev–Trinajstić information content (AvgIpc) is 3.20. The van der Waals surface area contributed by atoms with Crippen molar-refractivity contribution in [2.24, 2.45) is 11.8 Å². The summed E-state index contributed by atoms with van der Waals surface area (Å²) in [6.45, 7) is 3.51. The third-order valence-corrected chi connectivity index (χ3v) is 5.94. The van der Waals surface area contributed by atoms with Gasteiger partial charge >= 0.3 is 0 Å². The van der Waals surface area contributed by atoms with Crippen LogP contribution < -0.4 is 5.32 Å². The summed E-state index contributed by atoms with van der Waals surface area (Å²) >= 11 is 0. The SMILES string of the molecule is CCCNC(CCC1CC1)C1CC2CCC(C1)N2C. The van der Waals surface area contributed by atoms with Crippen molar-refractivity contribution in [2.45, 2.75) is 82.8 Å². The molecular formula is C17H32N2. The van der Waals surface area contributed by atoms with Gasteiger partial charge in [0.15, 0.2) is 0 Å². The van der Waals surface area contributed by atoms with Crippen molar-refractivity contribution in [1.82, 2.24) is 10.2 Å². The van der Waals surface area contributed by atoms with Crippen LogP contribution in [-0.2, 0) is 0 Å². The first-order valence-corrected chi connectivity index (χ1v) is 8.73. The summed E-state index contributed by atoms with van der Waals surface area (Å²) in [5, 5.41) is 3.89. The second kappa shape index (κ2) is 6.13. The normalized spacial score (nSPS) is 36.6. The highest BCUT2D eigenvalue weighted by atomic mass is 15.2. The Morgan fingerprint density at radius 1 is 1.11 bits per heavy atom. The van der Waals surface area contributed by atoms with Crippen LogP contribution in [0.4, 0.5) is 0 Å². The molecule has 3 aliphatic rings. The van der Waals surface area contributed by atoms with Gasteiger partial charge in [0.25, 0.3) is 0 Å². The zero-order valence-electron chi connectivity index (χ0n) is 12.9. The molecule has 0 amide bonds. The summed E-state index contributed by atoms with van der Waals surface area (Å²) in [5.41, 5.74) is 0. The summed E-state index contributed by atoms with van der Waals surface area (Å²) in [4.78, 5) is 2.67. The number of piperidine rings is 1. The Kier molecular flexibility index (Phi) is 4.48. The van der Waals surface area contributed by atoms with E-state index in [-0.39, 0.29) is 0 Å². The predicted octanol–water partition coefficient (Wildman–Crippen LogP) is 3.42. The van der Waals surface area contributed by atoms with Crippen molar-refractivity contribution in [3.63, 3.8) is 0 Å². The first kappa shape index (κ1) is 13.9. The van der Waals surface area contributed by atoms with Gasteiger partial charge in [-0.15, -0.1) is 0 Å². The summed E-state index contributed by atoms with van der Waals surface area (Å²) in [7, 11) is 2.36. The lowest BCUT2D eigenvalue weighted by Gasteiger charge is -2.40. The Balaban J connectivity index is 1.55. The van der Waals surface area contributed by atoms with Gasteiger partial charge in [0.2, 0.25) is 0 Å². The summed E-state index contributed by atoms with van der Waals surface area (Å²) in [5.74, 6) is 2.05. The van der Waals surface area contributed by atoms with Gasteiger partial charge in [0.05, 0.1) is 0 Å². The van der Waals surface area contributed by atoms with Crippen LogP contribution in [0.25, 0.3) is 0 Å². The van der Waals surface area contributed by atoms with E-state index in [0.29, 0.717) is 0 Å². The number of nitrogens with zero attached hydrogens (tertiary/aromatic N) is 1. The Morgan fingerprint density at radius 2 is 1.79 bits per heavy atom. The molecule has 3 rings (SSSR count). The summed E-state index contributed by atoms with van der Waals surface area (Å²) in [6.07, 6.45) is 13.1. The van der Waals surface area contributed by atoms with Crippen molar-refractivity contribution in [3.8, 4) is 0 Å². The van der Waals surface area contributed by atoms with Gasteiger partial charge < -0.3 is 10.2 Å². The van der Waals surface area contributed by atoms with Gasteiger partial charge in [-0.1, -0.05) is 19.8 Å². The highest BCUT2D eigenvalue weighted by Gasteiger charge is 2.40. The molecule has 2 aliphatic heterocycles. The van der Waals surface area contributed by atoms with E-state index in [1.807, 2.05) is 0 Å². The zero-order chi connectivity index (χ0) is 13.2. The highest BCUT2D eigenvalue weighted by Crippen LogP contribution is 2.41. The van der Waals surface area contributed by atoms with Crippen molar-refractivity contribution < 1.29 is 0 Å². The molecular weight excluding hydrogens is 232 g/mol. The molecule has 0 radical (unpaired) electrons. The van der Waals surface area contributed by atoms with Gasteiger partial charge in [0.1, 0.15) is 0 Å². The fourth-order valence-electron chi connectivity index (χ4n) is 4.44. The van der Waals surface area contributed by atoms with Crippen molar-refractivity contribution >= 4 is 0 Å². The molecule has 0 aromatic rings. The highest BCUT2D eigenvalue weighted by molar-refractivity contribution is 4.97. The molecule has 1 aliphatic carbocycles. The minimum atomic E-state index is 0.817. The van der Waals surface area contributed by atoms with E-state index in [2.05, 4.69) is 24.2 Å². The van der Waals surface area contributed by atoms with Crippen LogP contribution in [0.3, 0.4) is 0 Å². The molecule has 19 heavy (non-hydrogen) atoms. The minimum absolute atomic E-state index is 0.817. The molecule has 110 valence electrons. The maximum atomic E-state index is 3.89. The van der Waals surface area contributed by atoms with Crippen LogP contribution in [0.2, 0.25) is 0 Å². The van der Waals surface area contributed by atoms with Crippen molar-refractivity contribution in [2.75, 3.05) is 13.6 Å². The quantitative estimate of drug-likeness (QED) is 0.758. The van der Waals surface area contributed by atoms with E-state index in [9.17, 15) is 0 Å². The van der Waals surface area contributed by atoms with Crippen LogP contribution in [0.5, 0.6) is 0 Å². The van der Waals surface area contributed by atoms with E-state index in [1.54, 1.807) is 0 Å². The lowest BCUT2D eigenvalue weighted by Crippen LogP contribution is -2.47. The third-order valence-electron chi connectivity index (χ3n) is 5.94. The summed E-state index contributed by atoms with van der Waals surface area (Å²) < 4.78 is 0. The molecule has 0 aromatic carbocycles. The van der Waals surface area contributed by atoms with Gasteiger partial charge in [-0.2, -0.15) is 0 Å². The van der Waals surface area contributed by atoms with E-state index >= 15 is 0 Å². The van der Waals surface area contributed by atoms with Gasteiger partial charge in [0, 0.05) is 18.1 Å². The first-order valence-electron chi connectivity index (χ1n) is 8.73. The van der Waals surface area contributed by atoms with E-state index in [0.717, 1.165) is 30.0 Å². The molecule has 3 unspecified atom stereocenters. The topological polar surface area (TPSA) is 15.3 Å². The number of fused-ring (bicyclic) bond motifs is 2. The number of hydrogen-bond acceptors (Lipinski definition) is 2. The molecule has 1 N–H and O–H groups in total. The molecule has 0 aromatic heterocycles. The average molecular weight is 264 g/mol. The molecule has 0 spiro atoms. The largest absolute Gasteiger partial charge is 0.314 e. The predicted molar refractivity (Wildman–Crippen MR) is 81.3 cm³/mol. The fraction of sp³-hybridized carbons (Fsp3) is 1.00. The van der Waals surface area contributed by atoms with Crippen LogP contribution in [-0.4, -0.2) is 36.6 Å². The molecule has 3 fully saturated rings. The third kappa shape index (κ3) is 3.33. The minimum Gasteiger partial charge on any atom is -0.314 e. The molecule has 2 saturated heterocycles. The van der Waals surface area contributed by atoms with E-state index < -0.39 is 0 Å². The monoisotopic (exact) mass is 264 g/mol. The van der Waals surface area contributed by atoms with E-state index in [1.165, 1.54) is 64.3 Å². The number of hydrogen-bond donors (Lipinski definition) is 1. The number of nitrogens with one attached hydrogen (secondary N) is 1. The van der Waals surface area contributed by atoms with Gasteiger partial charge in [-0.3, -0.25) is 0 Å². The Hall–Kier alpha value is -0.0800. The van der Waals surface area contributed by atoms with Crippen LogP contribution in [0.15, 0.2) is 0 Å². The lowest BCUT2D eigenvalue weighted by molar-refractivity contribution is 0.109.